The predicted octanol–water partition coefficient (Wildman–Crippen LogP) is 1.02. The molecule has 5 nitrogen and oxygen atoms in total. The molecule has 0 saturated carbocycles. The normalized spacial score (nSPS) is 9.82. The van der Waals surface area contributed by atoms with E-state index >= 15 is 0 Å². The Balaban J connectivity index is 3.18. The quantitative estimate of drug-likeness (QED) is 0.464. The van der Waals surface area contributed by atoms with E-state index in [4.69, 9.17) is 11.1 Å². The summed E-state index contributed by atoms with van der Waals surface area (Å²) in [6, 6.07) is 5.23. The Bertz CT molecular complexity index is 441. The molecule has 0 aliphatic rings. The molecule has 92 valence electrons. The minimum atomic E-state index is -0.389. The number of esters is 1. The van der Waals surface area contributed by atoms with Crippen LogP contribution in [0, 0.1) is 5.41 Å². The molecule has 17 heavy (non-hydrogen) atoms. The summed E-state index contributed by atoms with van der Waals surface area (Å²) < 4.78 is 4.66. The van der Waals surface area contributed by atoms with E-state index in [-0.39, 0.29) is 11.8 Å². The van der Waals surface area contributed by atoms with Crippen molar-refractivity contribution >= 4 is 17.5 Å². The monoisotopic (exact) mass is 235 g/mol. The topological polar surface area (TPSA) is 79.4 Å². The fourth-order valence-electron chi connectivity index (χ4n) is 1.61. The molecule has 1 rings (SSSR count). The lowest BCUT2D eigenvalue weighted by Gasteiger charge is -2.18. The molecule has 0 atom stereocenters. The molecule has 0 heterocycles. The number of nitrogens with two attached hydrogens (primary N) is 1. The van der Waals surface area contributed by atoms with Crippen molar-refractivity contribution < 1.29 is 9.53 Å². The number of anilines is 1. The van der Waals surface area contributed by atoms with Crippen LogP contribution in [0.25, 0.3) is 0 Å². The number of amidine groups is 1. The van der Waals surface area contributed by atoms with Crippen molar-refractivity contribution in [3.63, 3.8) is 0 Å². The van der Waals surface area contributed by atoms with E-state index in [1.54, 1.807) is 12.1 Å². The van der Waals surface area contributed by atoms with E-state index < -0.39 is 0 Å². The lowest BCUT2D eigenvalue weighted by Crippen LogP contribution is -2.18. The van der Waals surface area contributed by atoms with Gasteiger partial charge in [-0.15, -0.1) is 0 Å². The van der Waals surface area contributed by atoms with Crippen molar-refractivity contribution in [2.24, 2.45) is 5.73 Å². The van der Waals surface area contributed by atoms with E-state index in [0.717, 1.165) is 11.3 Å². The summed E-state index contributed by atoms with van der Waals surface area (Å²) in [6.45, 7) is 0. The molecular weight excluding hydrogens is 218 g/mol. The Hall–Kier alpha value is -2.04. The summed E-state index contributed by atoms with van der Waals surface area (Å²) in [5, 5.41) is 7.34. The van der Waals surface area contributed by atoms with Gasteiger partial charge in [0.25, 0.3) is 0 Å². The van der Waals surface area contributed by atoms with E-state index in [1.807, 2.05) is 25.1 Å². The van der Waals surface area contributed by atoms with Gasteiger partial charge < -0.3 is 15.4 Å². The first kappa shape index (κ1) is 13.0. The first-order valence-corrected chi connectivity index (χ1v) is 5.17. The molecule has 0 unspecified atom stereocenters. The second-order valence-corrected chi connectivity index (χ2v) is 3.93. The standard InChI is InChI=1S/C12H17N3O2/c1-15(2)10-5-4-8(12(16)17-3)6-9(10)7-11(13)14/h4-6H,7H2,1-3H3,(H3,13,14). The molecule has 1 aromatic carbocycles. The highest BCUT2D eigenvalue weighted by atomic mass is 16.5. The maximum absolute atomic E-state index is 11.4. The largest absolute Gasteiger partial charge is 0.465 e. The van der Waals surface area contributed by atoms with Crippen LogP contribution in [0.3, 0.4) is 0 Å². The molecule has 0 radical (unpaired) electrons. The third kappa shape index (κ3) is 3.21. The van der Waals surface area contributed by atoms with E-state index in [1.165, 1.54) is 7.11 Å². The molecule has 3 N–H and O–H groups in total. The number of methoxy groups -OCH3 is 1. The minimum Gasteiger partial charge on any atom is -0.465 e. The average molecular weight is 235 g/mol. The van der Waals surface area contributed by atoms with Crippen LogP contribution < -0.4 is 10.6 Å². The number of carbonyl (C=O) groups excluding carboxylic acids is 1. The fourth-order valence-corrected chi connectivity index (χ4v) is 1.61. The number of carbonyl (C=O) groups is 1. The smallest absolute Gasteiger partial charge is 0.337 e. The van der Waals surface area contributed by atoms with Crippen molar-refractivity contribution in [2.45, 2.75) is 6.42 Å². The number of nitrogens with one attached hydrogen (secondary N) is 1. The van der Waals surface area contributed by atoms with Gasteiger partial charge in [-0.2, -0.15) is 0 Å². The summed E-state index contributed by atoms with van der Waals surface area (Å²) in [5.41, 5.74) is 7.64. The summed E-state index contributed by atoms with van der Waals surface area (Å²) >= 11 is 0. The maximum atomic E-state index is 11.4. The van der Waals surface area contributed by atoms with Gasteiger partial charge in [-0.1, -0.05) is 0 Å². The van der Waals surface area contributed by atoms with E-state index in [9.17, 15) is 4.79 Å². The Kier molecular flexibility index (Phi) is 4.09. The molecule has 5 heteroatoms. The van der Waals surface area contributed by atoms with Crippen LogP contribution in [-0.2, 0) is 11.2 Å². The van der Waals surface area contributed by atoms with E-state index in [2.05, 4.69) is 4.74 Å². The van der Waals surface area contributed by atoms with Crippen LogP contribution in [0.1, 0.15) is 15.9 Å². The van der Waals surface area contributed by atoms with Gasteiger partial charge in [0.15, 0.2) is 0 Å². The lowest BCUT2D eigenvalue weighted by atomic mass is 10.0. The average Bonchev–Trinajstić information content (AvgIpc) is 2.26. The van der Waals surface area contributed by atoms with Crippen LogP contribution in [0.15, 0.2) is 18.2 Å². The Morgan fingerprint density at radius 2 is 2.12 bits per heavy atom. The number of benzene rings is 1. The first-order valence-electron chi connectivity index (χ1n) is 5.17. The Labute approximate surface area is 101 Å². The highest BCUT2D eigenvalue weighted by molar-refractivity contribution is 5.91. The zero-order chi connectivity index (χ0) is 13.0. The fraction of sp³-hybridized carbons (Fsp3) is 0.333. The molecule has 0 aliphatic carbocycles. The maximum Gasteiger partial charge on any atom is 0.337 e. The Morgan fingerprint density at radius 1 is 1.47 bits per heavy atom. The molecule has 0 aliphatic heterocycles. The van der Waals surface area contributed by atoms with Crippen LogP contribution in [0.2, 0.25) is 0 Å². The van der Waals surface area contributed by atoms with Gasteiger partial charge in [-0.25, -0.2) is 4.79 Å². The summed E-state index contributed by atoms with van der Waals surface area (Å²) in [5.74, 6) is -0.324. The minimum absolute atomic E-state index is 0.0649. The van der Waals surface area contributed by atoms with Crippen molar-refractivity contribution in [1.82, 2.24) is 0 Å². The Morgan fingerprint density at radius 3 is 2.59 bits per heavy atom. The molecule has 0 amide bonds. The van der Waals surface area contributed by atoms with Crippen molar-refractivity contribution in [3.8, 4) is 0 Å². The number of ether oxygens (including phenoxy) is 1. The lowest BCUT2D eigenvalue weighted by molar-refractivity contribution is 0.0600. The van der Waals surface area contributed by atoms with Crippen molar-refractivity contribution in [2.75, 3.05) is 26.1 Å². The summed E-state index contributed by atoms with van der Waals surface area (Å²) in [4.78, 5) is 13.3. The number of hydrogen-bond donors (Lipinski definition) is 2. The predicted molar refractivity (Wildman–Crippen MR) is 67.7 cm³/mol. The molecule has 0 fully saturated rings. The highest BCUT2D eigenvalue weighted by Crippen LogP contribution is 2.21. The third-order valence-electron chi connectivity index (χ3n) is 2.36. The number of rotatable bonds is 4. The van der Waals surface area contributed by atoms with Gasteiger partial charge >= 0.3 is 5.97 Å². The van der Waals surface area contributed by atoms with Gasteiger partial charge in [-0.05, 0) is 23.8 Å². The molecule has 0 saturated heterocycles. The van der Waals surface area contributed by atoms with Crippen LogP contribution in [0.4, 0.5) is 5.69 Å². The number of nitrogens with zero attached hydrogens (tertiary/aromatic N) is 1. The van der Waals surface area contributed by atoms with Gasteiger partial charge in [0.05, 0.1) is 18.5 Å². The SMILES string of the molecule is COC(=O)c1ccc(N(C)C)c(CC(=N)N)c1. The molecule has 0 aromatic heterocycles. The van der Waals surface area contributed by atoms with Crippen molar-refractivity contribution in [3.05, 3.63) is 29.3 Å². The van der Waals surface area contributed by atoms with Crippen LogP contribution in [0.5, 0.6) is 0 Å². The van der Waals surface area contributed by atoms with Gasteiger partial charge in [0, 0.05) is 26.2 Å². The highest BCUT2D eigenvalue weighted by Gasteiger charge is 2.11. The second kappa shape index (κ2) is 5.34. The van der Waals surface area contributed by atoms with Gasteiger partial charge in [0.1, 0.15) is 0 Å². The molecular formula is C12H17N3O2. The van der Waals surface area contributed by atoms with Crippen LogP contribution >= 0.6 is 0 Å². The molecule has 1 aromatic rings. The van der Waals surface area contributed by atoms with Crippen molar-refractivity contribution in [1.29, 1.82) is 5.41 Å². The zero-order valence-corrected chi connectivity index (χ0v) is 10.3. The first-order chi connectivity index (χ1) is 7.95. The second-order valence-electron chi connectivity index (χ2n) is 3.93. The third-order valence-corrected chi connectivity index (χ3v) is 2.36. The number of hydrogen-bond acceptors (Lipinski definition) is 4. The van der Waals surface area contributed by atoms with Gasteiger partial charge in [-0.3, -0.25) is 5.41 Å². The van der Waals surface area contributed by atoms with Crippen LogP contribution in [-0.4, -0.2) is 33.0 Å². The summed E-state index contributed by atoms with van der Waals surface area (Å²) in [6.07, 6.45) is 0.318. The summed E-state index contributed by atoms with van der Waals surface area (Å²) in [7, 11) is 5.14. The molecule has 0 bridgehead atoms. The van der Waals surface area contributed by atoms with E-state index in [0.29, 0.717) is 12.0 Å². The van der Waals surface area contributed by atoms with Gasteiger partial charge in [0.2, 0.25) is 0 Å². The molecule has 0 spiro atoms. The zero-order valence-electron chi connectivity index (χ0n) is 10.3.